The number of sulfonamides is 1. The summed E-state index contributed by atoms with van der Waals surface area (Å²) in [7, 11) is -4.37. The topological polar surface area (TPSA) is 93.1 Å². The van der Waals surface area contributed by atoms with Crippen LogP contribution in [0.15, 0.2) is 83.8 Å². The molecule has 0 aliphatic carbocycles. The summed E-state index contributed by atoms with van der Waals surface area (Å²) in [5.74, 6) is -0.396. The second kappa shape index (κ2) is 9.52. The van der Waals surface area contributed by atoms with E-state index in [9.17, 15) is 18.4 Å². The minimum absolute atomic E-state index is 0.152. The summed E-state index contributed by atoms with van der Waals surface area (Å²) in [6, 6.07) is 23.0. The first-order valence-electron chi connectivity index (χ1n) is 10.2. The number of hydrogen-bond acceptors (Lipinski definition) is 6. The van der Waals surface area contributed by atoms with Gasteiger partial charge in [-0.3, -0.25) is 10.0 Å². The largest absolute Gasteiger partial charge is 0.457 e. The molecule has 8 heteroatoms. The molecule has 0 spiro atoms. The molecule has 7 nitrogen and oxygen atoms in total. The lowest BCUT2D eigenvalue weighted by molar-refractivity contribution is -0.153. The van der Waals surface area contributed by atoms with Gasteiger partial charge in [0.2, 0.25) is 0 Å². The van der Waals surface area contributed by atoms with Crippen LogP contribution in [0.3, 0.4) is 0 Å². The number of hydroxylamine groups is 1. The molecule has 3 aromatic rings. The first-order valence-corrected chi connectivity index (χ1v) is 11.7. The first-order chi connectivity index (χ1) is 15.4. The molecule has 1 saturated heterocycles. The van der Waals surface area contributed by atoms with Crippen LogP contribution in [-0.2, 0) is 19.6 Å². The van der Waals surface area contributed by atoms with Gasteiger partial charge in [0.25, 0.3) is 15.9 Å². The Labute approximate surface area is 186 Å². The molecule has 1 heterocycles. The molecule has 3 aromatic carbocycles. The van der Waals surface area contributed by atoms with E-state index in [2.05, 4.69) is 0 Å². The molecule has 1 aliphatic rings. The lowest BCUT2D eigenvalue weighted by atomic mass is 10.00. The van der Waals surface area contributed by atoms with Gasteiger partial charge in [0.05, 0.1) is 4.90 Å². The summed E-state index contributed by atoms with van der Waals surface area (Å²) in [6.07, 6.45) is 0.752. The normalized spacial score (nSPS) is 14.7. The molecular formula is C24H23NO6S. The smallest absolute Gasteiger partial charge is 0.289 e. The predicted octanol–water partition coefficient (Wildman–Crippen LogP) is 4.48. The monoisotopic (exact) mass is 453 g/mol. The zero-order chi connectivity index (χ0) is 22.6. The summed E-state index contributed by atoms with van der Waals surface area (Å²) in [5, 5.41) is 10.1. The van der Waals surface area contributed by atoms with Crippen molar-refractivity contribution in [3.8, 4) is 22.6 Å². The Bertz CT molecular complexity index is 1160. The van der Waals surface area contributed by atoms with Crippen molar-refractivity contribution in [3.63, 3.8) is 0 Å². The van der Waals surface area contributed by atoms with Crippen molar-refractivity contribution in [2.24, 2.45) is 5.92 Å². The highest BCUT2D eigenvalue weighted by Crippen LogP contribution is 2.28. The van der Waals surface area contributed by atoms with E-state index in [4.69, 9.17) is 9.47 Å². The summed E-state index contributed by atoms with van der Waals surface area (Å²) in [6.45, 7) is 0.727. The van der Waals surface area contributed by atoms with Crippen LogP contribution in [0.2, 0.25) is 0 Å². The van der Waals surface area contributed by atoms with Gasteiger partial charge in [-0.15, -0.1) is 4.47 Å². The van der Waals surface area contributed by atoms with Crippen molar-refractivity contribution >= 4 is 15.9 Å². The maximum Gasteiger partial charge on any atom is 0.289 e. The van der Waals surface area contributed by atoms with Gasteiger partial charge in [0.15, 0.2) is 0 Å². The highest BCUT2D eigenvalue weighted by molar-refractivity contribution is 7.89. The van der Waals surface area contributed by atoms with Gasteiger partial charge in [-0.25, -0.2) is 0 Å². The first kappa shape index (κ1) is 22.0. The van der Waals surface area contributed by atoms with Crippen molar-refractivity contribution in [2.75, 3.05) is 13.2 Å². The highest BCUT2D eigenvalue weighted by atomic mass is 32.2. The van der Waals surface area contributed by atoms with E-state index in [0.717, 1.165) is 11.1 Å². The number of ether oxygens (including phenoxy) is 2. The van der Waals surface area contributed by atoms with Crippen LogP contribution >= 0.6 is 0 Å². The maximum absolute atomic E-state index is 12.6. The Hall–Kier alpha value is -3.20. The minimum Gasteiger partial charge on any atom is -0.457 e. The Kier molecular flexibility index (Phi) is 6.55. The Morgan fingerprint density at radius 1 is 0.844 bits per heavy atom. The van der Waals surface area contributed by atoms with E-state index >= 15 is 0 Å². The third-order valence-electron chi connectivity index (χ3n) is 5.31. The summed E-state index contributed by atoms with van der Waals surface area (Å²) < 4.78 is 36.1. The fraction of sp³-hybridized carbons (Fsp3) is 0.208. The quantitative estimate of drug-likeness (QED) is 0.437. The third kappa shape index (κ3) is 4.83. The van der Waals surface area contributed by atoms with Crippen LogP contribution < -0.4 is 4.74 Å². The van der Waals surface area contributed by atoms with Crippen LogP contribution in [-0.4, -0.2) is 37.2 Å². The average molecular weight is 454 g/mol. The Balaban J connectivity index is 1.43. The van der Waals surface area contributed by atoms with Gasteiger partial charge in [-0.1, -0.05) is 42.5 Å². The van der Waals surface area contributed by atoms with Gasteiger partial charge in [-0.2, -0.15) is 8.42 Å². The number of carbonyl (C=O) groups excluding carboxylic acids is 1. The van der Waals surface area contributed by atoms with Gasteiger partial charge < -0.3 is 9.47 Å². The number of carbonyl (C=O) groups is 1. The number of benzene rings is 3. The minimum atomic E-state index is -4.37. The lowest BCUT2D eigenvalue weighted by Crippen LogP contribution is -2.40. The summed E-state index contributed by atoms with van der Waals surface area (Å²) in [5.41, 5.74) is 2.15. The summed E-state index contributed by atoms with van der Waals surface area (Å²) in [4.78, 5) is 12.2. The van der Waals surface area contributed by atoms with Crippen LogP contribution in [0.25, 0.3) is 11.1 Å². The molecule has 1 amide bonds. The predicted molar refractivity (Wildman–Crippen MR) is 118 cm³/mol. The van der Waals surface area contributed by atoms with E-state index in [-0.39, 0.29) is 9.36 Å². The van der Waals surface area contributed by atoms with E-state index in [1.165, 1.54) is 24.3 Å². The fourth-order valence-electron chi connectivity index (χ4n) is 3.48. The molecule has 1 N–H and O–H groups in total. The number of nitrogens with zero attached hydrogens (tertiary/aromatic N) is 1. The fourth-order valence-corrected chi connectivity index (χ4v) is 4.55. The standard InChI is InChI=1S/C24H23NO6S/c26-24(20-14-16-30-17-15-20)25(27)32(28,29)23-12-10-22(11-13-23)31-21-8-6-19(7-9-21)18-4-2-1-3-5-18/h1-13,20,27H,14-17H2. The summed E-state index contributed by atoms with van der Waals surface area (Å²) >= 11 is 0. The van der Waals surface area contributed by atoms with E-state index in [1.807, 2.05) is 54.6 Å². The van der Waals surface area contributed by atoms with Crippen molar-refractivity contribution in [2.45, 2.75) is 17.7 Å². The molecule has 0 bridgehead atoms. The number of rotatable bonds is 6. The maximum atomic E-state index is 12.6. The van der Waals surface area contributed by atoms with Crippen LogP contribution in [0.5, 0.6) is 11.5 Å². The molecule has 0 aromatic heterocycles. The second-order valence-corrected chi connectivity index (χ2v) is 9.20. The molecular weight excluding hydrogens is 430 g/mol. The lowest BCUT2D eigenvalue weighted by Gasteiger charge is -2.24. The van der Waals surface area contributed by atoms with E-state index in [0.29, 0.717) is 37.6 Å². The molecule has 1 aliphatic heterocycles. The van der Waals surface area contributed by atoms with Crippen molar-refractivity contribution in [3.05, 3.63) is 78.9 Å². The second-order valence-electron chi connectivity index (χ2n) is 7.44. The van der Waals surface area contributed by atoms with Gasteiger partial charge in [0.1, 0.15) is 11.5 Å². The molecule has 0 unspecified atom stereocenters. The molecule has 4 rings (SSSR count). The van der Waals surface area contributed by atoms with Gasteiger partial charge in [0, 0.05) is 19.1 Å². The Morgan fingerprint density at radius 3 is 1.97 bits per heavy atom. The highest BCUT2D eigenvalue weighted by Gasteiger charge is 2.34. The molecule has 0 saturated carbocycles. The SMILES string of the molecule is O=C(C1CCOCC1)N(O)S(=O)(=O)c1ccc(Oc2ccc(-c3ccccc3)cc2)cc1. The number of amides is 1. The zero-order valence-electron chi connectivity index (χ0n) is 17.3. The van der Waals surface area contributed by atoms with Crippen LogP contribution in [0, 0.1) is 5.92 Å². The van der Waals surface area contributed by atoms with Gasteiger partial charge >= 0.3 is 0 Å². The van der Waals surface area contributed by atoms with E-state index in [1.54, 1.807) is 0 Å². The van der Waals surface area contributed by atoms with Crippen LogP contribution in [0.4, 0.5) is 0 Å². The van der Waals surface area contributed by atoms with Crippen molar-refractivity contribution in [1.29, 1.82) is 0 Å². The van der Waals surface area contributed by atoms with Crippen molar-refractivity contribution < 1.29 is 27.9 Å². The van der Waals surface area contributed by atoms with Crippen LogP contribution in [0.1, 0.15) is 12.8 Å². The Morgan fingerprint density at radius 2 is 1.38 bits per heavy atom. The molecule has 32 heavy (non-hydrogen) atoms. The van der Waals surface area contributed by atoms with Crippen molar-refractivity contribution in [1.82, 2.24) is 4.47 Å². The van der Waals surface area contributed by atoms with E-state index < -0.39 is 21.8 Å². The zero-order valence-corrected chi connectivity index (χ0v) is 18.1. The third-order valence-corrected chi connectivity index (χ3v) is 6.81. The van der Waals surface area contributed by atoms with Gasteiger partial charge in [-0.05, 0) is 60.4 Å². The molecule has 1 fully saturated rings. The number of hydrogen-bond donors (Lipinski definition) is 1. The molecule has 166 valence electrons. The average Bonchev–Trinajstić information content (AvgIpc) is 2.85. The molecule has 0 atom stereocenters. The molecule has 0 radical (unpaired) electrons.